The largest absolute Gasteiger partial charge is 0.396 e. The molecule has 0 aromatic heterocycles. The minimum Gasteiger partial charge on any atom is -0.396 e. The Morgan fingerprint density at radius 1 is 1.21 bits per heavy atom. The zero-order valence-corrected chi connectivity index (χ0v) is 13.4. The Kier molecular flexibility index (Phi) is 7.51. The predicted molar refractivity (Wildman–Crippen MR) is 86.1 cm³/mol. The summed E-state index contributed by atoms with van der Waals surface area (Å²) in [5.74, 6) is 1.83. The summed E-state index contributed by atoms with van der Waals surface area (Å²) in [6.07, 6.45) is 1.14. The first-order valence-corrected chi connectivity index (χ1v) is 8.25. The molecule has 0 saturated heterocycles. The molecule has 1 unspecified atom stereocenters. The topological polar surface area (TPSA) is 32.3 Å². The average molecular weight is 281 g/mol. The predicted octanol–water partition coefficient (Wildman–Crippen LogP) is 3.38. The van der Waals surface area contributed by atoms with Crippen LogP contribution in [-0.2, 0) is 0 Å². The van der Waals surface area contributed by atoms with Gasteiger partial charge in [0.1, 0.15) is 0 Å². The highest BCUT2D eigenvalue weighted by molar-refractivity contribution is 7.99. The molecular formula is C16H27NOS. The molecule has 0 heterocycles. The summed E-state index contributed by atoms with van der Waals surface area (Å²) in [4.78, 5) is 0. The van der Waals surface area contributed by atoms with E-state index in [1.165, 1.54) is 22.3 Å². The summed E-state index contributed by atoms with van der Waals surface area (Å²) in [6.45, 7) is 10.0. The normalized spacial score (nSPS) is 12.7. The van der Waals surface area contributed by atoms with Gasteiger partial charge in [0.15, 0.2) is 0 Å². The highest BCUT2D eigenvalue weighted by Crippen LogP contribution is 2.26. The van der Waals surface area contributed by atoms with Crippen LogP contribution < -0.4 is 5.32 Å². The number of benzene rings is 1. The second-order valence-electron chi connectivity index (χ2n) is 5.12. The summed E-state index contributed by atoms with van der Waals surface area (Å²) < 4.78 is 0. The van der Waals surface area contributed by atoms with Crippen LogP contribution in [0.4, 0.5) is 0 Å². The van der Waals surface area contributed by atoms with Gasteiger partial charge in [-0.25, -0.2) is 0 Å². The van der Waals surface area contributed by atoms with Crippen molar-refractivity contribution in [3.05, 3.63) is 34.4 Å². The average Bonchev–Trinajstić information content (AvgIpc) is 2.34. The number of nitrogens with one attached hydrogen (secondary N) is 1. The molecule has 108 valence electrons. The molecule has 1 aromatic rings. The van der Waals surface area contributed by atoms with Gasteiger partial charge >= 0.3 is 0 Å². The van der Waals surface area contributed by atoms with Gasteiger partial charge in [-0.15, -0.1) is 0 Å². The number of rotatable bonds is 8. The fraction of sp³-hybridized carbons (Fsp3) is 0.625. The lowest BCUT2D eigenvalue weighted by Gasteiger charge is -2.23. The summed E-state index contributed by atoms with van der Waals surface area (Å²) in [6, 6.07) is 4.91. The summed E-state index contributed by atoms with van der Waals surface area (Å²) in [5, 5.41) is 12.6. The van der Waals surface area contributed by atoms with Gasteiger partial charge in [0.2, 0.25) is 0 Å². The van der Waals surface area contributed by atoms with Gasteiger partial charge < -0.3 is 10.4 Å². The number of hydrogen-bond acceptors (Lipinski definition) is 3. The first kappa shape index (κ1) is 16.5. The van der Waals surface area contributed by atoms with Crippen LogP contribution in [0.5, 0.6) is 0 Å². The SMILES string of the molecule is CCCNC(CSCCO)c1c(C)cc(C)cc1C. The molecule has 0 saturated carbocycles. The van der Waals surface area contributed by atoms with E-state index in [1.54, 1.807) is 0 Å². The van der Waals surface area contributed by atoms with E-state index in [0.29, 0.717) is 6.04 Å². The highest BCUT2D eigenvalue weighted by Gasteiger charge is 2.15. The third kappa shape index (κ3) is 5.17. The van der Waals surface area contributed by atoms with Gasteiger partial charge in [0.25, 0.3) is 0 Å². The number of aliphatic hydroxyl groups excluding tert-OH is 1. The van der Waals surface area contributed by atoms with Crippen molar-refractivity contribution in [1.29, 1.82) is 0 Å². The van der Waals surface area contributed by atoms with Crippen molar-refractivity contribution in [2.24, 2.45) is 0 Å². The monoisotopic (exact) mass is 281 g/mol. The van der Waals surface area contributed by atoms with Crippen LogP contribution in [0.1, 0.15) is 41.6 Å². The Morgan fingerprint density at radius 3 is 2.37 bits per heavy atom. The Balaban J connectivity index is 2.89. The molecule has 2 nitrogen and oxygen atoms in total. The van der Waals surface area contributed by atoms with E-state index in [-0.39, 0.29) is 6.61 Å². The van der Waals surface area contributed by atoms with E-state index in [4.69, 9.17) is 5.11 Å². The molecule has 0 aliphatic carbocycles. The van der Waals surface area contributed by atoms with E-state index in [9.17, 15) is 0 Å². The lowest BCUT2D eigenvalue weighted by molar-refractivity contribution is 0.322. The van der Waals surface area contributed by atoms with Gasteiger partial charge in [-0.1, -0.05) is 24.6 Å². The van der Waals surface area contributed by atoms with Crippen molar-refractivity contribution in [2.45, 2.75) is 40.2 Å². The summed E-state index contributed by atoms with van der Waals surface area (Å²) >= 11 is 1.82. The van der Waals surface area contributed by atoms with Gasteiger partial charge in [-0.3, -0.25) is 0 Å². The van der Waals surface area contributed by atoms with Crippen molar-refractivity contribution >= 4 is 11.8 Å². The smallest absolute Gasteiger partial charge is 0.0521 e. The molecule has 1 rings (SSSR count). The van der Waals surface area contributed by atoms with Gasteiger partial charge in [-0.2, -0.15) is 11.8 Å². The molecule has 1 aromatic carbocycles. The second-order valence-corrected chi connectivity index (χ2v) is 6.27. The Hall–Kier alpha value is -0.510. The zero-order chi connectivity index (χ0) is 14.3. The first-order valence-electron chi connectivity index (χ1n) is 7.09. The Morgan fingerprint density at radius 2 is 1.84 bits per heavy atom. The molecular weight excluding hydrogens is 254 g/mol. The van der Waals surface area contributed by atoms with E-state index >= 15 is 0 Å². The van der Waals surface area contributed by atoms with Crippen molar-refractivity contribution < 1.29 is 5.11 Å². The van der Waals surface area contributed by atoms with Crippen LogP contribution in [0.15, 0.2) is 12.1 Å². The fourth-order valence-corrected chi connectivity index (χ4v) is 3.39. The van der Waals surface area contributed by atoms with E-state index in [1.807, 2.05) is 11.8 Å². The van der Waals surface area contributed by atoms with E-state index in [2.05, 4.69) is 45.1 Å². The maximum Gasteiger partial charge on any atom is 0.0521 e. The number of aryl methyl sites for hydroxylation is 3. The van der Waals surface area contributed by atoms with Crippen LogP contribution in [0, 0.1) is 20.8 Å². The molecule has 3 heteroatoms. The maximum atomic E-state index is 8.93. The quantitative estimate of drug-likeness (QED) is 0.717. The molecule has 2 N–H and O–H groups in total. The molecule has 0 spiro atoms. The first-order chi connectivity index (χ1) is 9.10. The minimum absolute atomic E-state index is 0.261. The van der Waals surface area contributed by atoms with Crippen LogP contribution in [0.25, 0.3) is 0 Å². The molecule has 0 aliphatic rings. The lowest BCUT2D eigenvalue weighted by atomic mass is 9.95. The maximum absolute atomic E-state index is 8.93. The van der Waals surface area contributed by atoms with Crippen LogP contribution >= 0.6 is 11.8 Å². The number of hydrogen-bond donors (Lipinski definition) is 2. The van der Waals surface area contributed by atoms with Crippen molar-refractivity contribution in [3.8, 4) is 0 Å². The van der Waals surface area contributed by atoms with Crippen molar-refractivity contribution in [2.75, 3.05) is 24.7 Å². The molecule has 0 fully saturated rings. The summed E-state index contributed by atoms with van der Waals surface area (Å²) in [5.41, 5.74) is 5.51. The van der Waals surface area contributed by atoms with Gasteiger partial charge in [0, 0.05) is 17.5 Å². The second kappa shape index (κ2) is 8.62. The molecule has 19 heavy (non-hydrogen) atoms. The fourth-order valence-electron chi connectivity index (χ4n) is 2.57. The van der Waals surface area contributed by atoms with Crippen LogP contribution in [0.2, 0.25) is 0 Å². The third-order valence-electron chi connectivity index (χ3n) is 3.25. The van der Waals surface area contributed by atoms with Gasteiger partial charge in [0.05, 0.1) is 6.61 Å². The Bertz CT molecular complexity index is 369. The minimum atomic E-state index is 0.261. The highest BCUT2D eigenvalue weighted by atomic mass is 32.2. The third-order valence-corrected chi connectivity index (χ3v) is 4.29. The van der Waals surface area contributed by atoms with Gasteiger partial charge in [-0.05, 0) is 50.4 Å². The lowest BCUT2D eigenvalue weighted by Crippen LogP contribution is -2.26. The standard InChI is InChI=1S/C16H27NOS/c1-5-6-17-15(11-19-8-7-18)16-13(3)9-12(2)10-14(16)4/h9-10,15,17-18H,5-8,11H2,1-4H3. The van der Waals surface area contributed by atoms with Crippen LogP contribution in [0.3, 0.4) is 0 Å². The van der Waals surface area contributed by atoms with E-state index < -0.39 is 0 Å². The van der Waals surface area contributed by atoms with Crippen LogP contribution in [-0.4, -0.2) is 29.8 Å². The zero-order valence-electron chi connectivity index (χ0n) is 12.6. The van der Waals surface area contributed by atoms with Crippen molar-refractivity contribution in [1.82, 2.24) is 5.32 Å². The molecule has 0 radical (unpaired) electrons. The van der Waals surface area contributed by atoms with E-state index in [0.717, 1.165) is 24.5 Å². The number of aliphatic hydroxyl groups is 1. The molecule has 0 aliphatic heterocycles. The number of thioether (sulfide) groups is 1. The molecule has 0 bridgehead atoms. The molecule has 1 atom stereocenters. The van der Waals surface area contributed by atoms with Crippen molar-refractivity contribution in [3.63, 3.8) is 0 Å². The molecule has 0 amide bonds. The summed E-state index contributed by atoms with van der Waals surface area (Å²) in [7, 11) is 0. The Labute approximate surface area is 122 Å².